The Morgan fingerprint density at radius 1 is 1.26 bits per heavy atom. The molecule has 0 fully saturated rings. The summed E-state index contributed by atoms with van der Waals surface area (Å²) in [6.07, 6.45) is -0.250. The molecule has 0 saturated carbocycles. The monoisotopic (exact) mass is 338 g/mol. The lowest BCUT2D eigenvalue weighted by Gasteiger charge is -2.12. The smallest absolute Gasteiger partial charge is 0.489 e. The Kier molecular flexibility index (Phi) is 5.82. The van der Waals surface area contributed by atoms with E-state index in [0.29, 0.717) is 28.3 Å². The van der Waals surface area contributed by atoms with Crippen molar-refractivity contribution in [2.24, 2.45) is 0 Å². The summed E-state index contributed by atoms with van der Waals surface area (Å²) in [5, 5.41) is 0.372. The van der Waals surface area contributed by atoms with Crippen LogP contribution in [0, 0.1) is 5.82 Å². The minimum atomic E-state index is -0.855. The molecule has 4 nitrogen and oxygen atoms in total. The van der Waals surface area contributed by atoms with Gasteiger partial charge in [0.25, 0.3) is 0 Å². The van der Waals surface area contributed by atoms with Gasteiger partial charge in [-0.2, -0.15) is 0 Å². The number of benzene rings is 2. The molecule has 0 saturated heterocycles. The first-order valence-corrected chi connectivity index (χ1v) is 7.37. The summed E-state index contributed by atoms with van der Waals surface area (Å²) in [4.78, 5) is 11.3. The molecule has 0 heterocycles. The number of methoxy groups -OCH3 is 1. The lowest BCUT2D eigenvalue weighted by Crippen LogP contribution is -2.10. The van der Waals surface area contributed by atoms with Gasteiger partial charge in [0.05, 0.1) is 17.7 Å². The molecule has 0 amide bonds. The fourth-order valence-corrected chi connectivity index (χ4v) is 2.19. The highest BCUT2D eigenvalue weighted by Gasteiger charge is 2.13. The van der Waals surface area contributed by atoms with Crippen molar-refractivity contribution in [3.63, 3.8) is 0 Å². The van der Waals surface area contributed by atoms with Gasteiger partial charge < -0.3 is 14.2 Å². The van der Waals surface area contributed by atoms with Gasteiger partial charge in [0.1, 0.15) is 23.9 Å². The minimum Gasteiger partial charge on any atom is -0.489 e. The molecule has 122 valence electrons. The normalized spacial score (nSPS) is 10.3. The van der Waals surface area contributed by atoms with Crippen molar-refractivity contribution in [3.05, 3.63) is 58.4 Å². The first-order chi connectivity index (χ1) is 11.0. The topological polar surface area (TPSA) is 44.8 Å². The van der Waals surface area contributed by atoms with Gasteiger partial charge in [0.15, 0.2) is 0 Å². The molecule has 0 aliphatic carbocycles. The summed E-state index contributed by atoms with van der Waals surface area (Å²) in [6.45, 7) is 1.90. The van der Waals surface area contributed by atoms with E-state index in [-0.39, 0.29) is 18.2 Å². The fraction of sp³-hybridized carbons (Fsp3) is 0.235. The Morgan fingerprint density at radius 2 is 2.04 bits per heavy atom. The van der Waals surface area contributed by atoms with Gasteiger partial charge in [0, 0.05) is 6.07 Å². The summed E-state index contributed by atoms with van der Waals surface area (Å²) < 4.78 is 28.8. The van der Waals surface area contributed by atoms with Gasteiger partial charge in [-0.05, 0) is 30.2 Å². The minimum absolute atomic E-state index is 0.0247. The number of carbonyl (C=O) groups excluding carboxylic acids is 1. The van der Waals surface area contributed by atoms with E-state index in [1.54, 1.807) is 30.3 Å². The van der Waals surface area contributed by atoms with Crippen LogP contribution in [0.3, 0.4) is 0 Å². The van der Waals surface area contributed by atoms with Gasteiger partial charge in [-0.3, -0.25) is 0 Å². The Morgan fingerprint density at radius 3 is 2.70 bits per heavy atom. The van der Waals surface area contributed by atoms with Crippen molar-refractivity contribution in [2.75, 3.05) is 7.11 Å². The van der Waals surface area contributed by atoms with Crippen molar-refractivity contribution >= 4 is 17.8 Å². The van der Waals surface area contributed by atoms with Crippen LogP contribution < -0.4 is 9.47 Å². The summed E-state index contributed by atoms with van der Waals surface area (Å²) in [5.74, 6) is 0.272. The van der Waals surface area contributed by atoms with Crippen LogP contribution in [0.15, 0.2) is 36.4 Å². The predicted octanol–water partition coefficient (Wildman–Crippen LogP) is 4.77. The standard InChI is InChI=1S/C17H16ClFO4/c1-3-11-7-8-12(9-15(11)19)22-10-13-14(18)5-4-6-16(13)23-17(20)21-2/h4-9H,3,10H2,1-2H3. The van der Waals surface area contributed by atoms with Gasteiger partial charge in [-0.25, -0.2) is 9.18 Å². The van der Waals surface area contributed by atoms with Crippen LogP contribution in [0.25, 0.3) is 0 Å². The third kappa shape index (κ3) is 4.36. The van der Waals surface area contributed by atoms with Crippen molar-refractivity contribution in [1.82, 2.24) is 0 Å². The van der Waals surface area contributed by atoms with Crippen molar-refractivity contribution in [2.45, 2.75) is 20.0 Å². The molecule has 0 atom stereocenters. The molecular weight excluding hydrogens is 323 g/mol. The average Bonchev–Trinajstić information content (AvgIpc) is 2.54. The maximum atomic E-state index is 13.8. The molecule has 2 aromatic carbocycles. The van der Waals surface area contributed by atoms with E-state index >= 15 is 0 Å². The van der Waals surface area contributed by atoms with E-state index in [4.69, 9.17) is 21.1 Å². The number of halogens is 2. The second-order valence-electron chi connectivity index (χ2n) is 4.67. The summed E-state index contributed by atoms with van der Waals surface area (Å²) in [6, 6.07) is 9.52. The van der Waals surface area contributed by atoms with E-state index in [1.165, 1.54) is 13.2 Å². The number of hydrogen-bond donors (Lipinski definition) is 0. The SMILES string of the molecule is CCc1ccc(OCc2c(Cl)cccc2OC(=O)OC)cc1F. The van der Waals surface area contributed by atoms with E-state index < -0.39 is 6.16 Å². The van der Waals surface area contributed by atoms with Crippen LogP contribution in [-0.4, -0.2) is 13.3 Å². The Labute approximate surface area is 138 Å². The first-order valence-electron chi connectivity index (χ1n) is 6.99. The zero-order chi connectivity index (χ0) is 16.8. The number of carbonyl (C=O) groups is 1. The van der Waals surface area contributed by atoms with Crippen LogP contribution in [0.1, 0.15) is 18.1 Å². The van der Waals surface area contributed by atoms with Crippen LogP contribution >= 0.6 is 11.6 Å². The molecule has 0 N–H and O–H groups in total. The highest BCUT2D eigenvalue weighted by Crippen LogP contribution is 2.28. The first kappa shape index (κ1) is 17.1. The van der Waals surface area contributed by atoms with Crippen molar-refractivity contribution < 1.29 is 23.4 Å². The predicted molar refractivity (Wildman–Crippen MR) is 84.6 cm³/mol. The van der Waals surface area contributed by atoms with Gasteiger partial charge >= 0.3 is 6.16 Å². The molecule has 6 heteroatoms. The largest absolute Gasteiger partial charge is 0.513 e. The molecule has 2 aromatic rings. The third-order valence-corrected chi connectivity index (χ3v) is 3.58. The van der Waals surface area contributed by atoms with Crippen LogP contribution in [0.5, 0.6) is 11.5 Å². The molecular formula is C17H16ClFO4. The van der Waals surface area contributed by atoms with E-state index in [2.05, 4.69) is 4.74 Å². The van der Waals surface area contributed by atoms with Crippen LogP contribution in [0.4, 0.5) is 9.18 Å². The molecule has 0 radical (unpaired) electrons. The molecule has 23 heavy (non-hydrogen) atoms. The second kappa shape index (κ2) is 7.83. The Bertz CT molecular complexity index is 703. The molecule has 0 spiro atoms. The van der Waals surface area contributed by atoms with E-state index in [1.807, 2.05) is 6.92 Å². The van der Waals surface area contributed by atoms with E-state index in [0.717, 1.165) is 0 Å². The molecule has 0 aromatic heterocycles. The van der Waals surface area contributed by atoms with Crippen molar-refractivity contribution in [3.8, 4) is 11.5 Å². The number of ether oxygens (including phenoxy) is 3. The highest BCUT2D eigenvalue weighted by molar-refractivity contribution is 6.31. The molecule has 0 aliphatic rings. The third-order valence-electron chi connectivity index (χ3n) is 3.22. The average molecular weight is 339 g/mol. The lowest BCUT2D eigenvalue weighted by atomic mass is 10.1. The molecule has 0 unspecified atom stereocenters. The van der Waals surface area contributed by atoms with Gasteiger partial charge in [0.2, 0.25) is 0 Å². The lowest BCUT2D eigenvalue weighted by molar-refractivity contribution is 0.120. The summed E-state index contributed by atoms with van der Waals surface area (Å²) in [5.41, 5.74) is 1.09. The highest BCUT2D eigenvalue weighted by atomic mass is 35.5. The maximum absolute atomic E-state index is 13.8. The zero-order valence-electron chi connectivity index (χ0n) is 12.8. The van der Waals surface area contributed by atoms with Gasteiger partial charge in [-0.15, -0.1) is 0 Å². The number of hydrogen-bond acceptors (Lipinski definition) is 4. The zero-order valence-corrected chi connectivity index (χ0v) is 13.5. The van der Waals surface area contributed by atoms with Gasteiger partial charge in [-0.1, -0.05) is 30.7 Å². The molecule has 0 aliphatic heterocycles. The second-order valence-corrected chi connectivity index (χ2v) is 5.08. The number of rotatable bonds is 5. The van der Waals surface area contributed by atoms with E-state index in [9.17, 15) is 9.18 Å². The summed E-state index contributed by atoms with van der Waals surface area (Å²) in [7, 11) is 1.21. The van der Waals surface area contributed by atoms with Crippen molar-refractivity contribution in [1.29, 1.82) is 0 Å². The Balaban J connectivity index is 2.16. The molecule has 0 bridgehead atoms. The van der Waals surface area contributed by atoms with Crippen LogP contribution in [0.2, 0.25) is 5.02 Å². The quantitative estimate of drug-likeness (QED) is 0.582. The fourth-order valence-electron chi connectivity index (χ4n) is 1.97. The van der Waals surface area contributed by atoms with Crippen LogP contribution in [-0.2, 0) is 17.8 Å². The summed E-state index contributed by atoms with van der Waals surface area (Å²) >= 11 is 6.12. The Hall–Kier alpha value is -2.27. The number of aryl methyl sites for hydroxylation is 1. The maximum Gasteiger partial charge on any atom is 0.513 e. The molecule has 2 rings (SSSR count).